The number of rotatable bonds is 5. The first-order valence-corrected chi connectivity index (χ1v) is 11.5. The summed E-state index contributed by atoms with van der Waals surface area (Å²) < 4.78 is 5.19. The summed E-state index contributed by atoms with van der Waals surface area (Å²) in [6, 6.07) is 13.4. The zero-order chi connectivity index (χ0) is 23.9. The summed E-state index contributed by atoms with van der Waals surface area (Å²) >= 11 is 13.1. The van der Waals surface area contributed by atoms with Gasteiger partial charge in [0.2, 0.25) is 11.8 Å². The molecule has 0 saturated carbocycles. The number of halogens is 2. The van der Waals surface area contributed by atoms with Gasteiger partial charge >= 0.3 is 5.97 Å². The number of hydrogen-bond donors (Lipinski definition) is 0. The largest absolute Gasteiger partial charge is 0.466 e. The second-order valence-corrected chi connectivity index (χ2v) is 8.81. The molecule has 2 atom stereocenters. The second kappa shape index (κ2) is 8.84. The quantitative estimate of drug-likeness (QED) is 0.573. The van der Waals surface area contributed by atoms with Crippen LogP contribution in [-0.2, 0) is 19.1 Å². The first-order chi connectivity index (χ1) is 15.8. The lowest BCUT2D eigenvalue weighted by molar-refractivity contribution is -0.142. The second-order valence-electron chi connectivity index (χ2n) is 8.00. The Bertz CT molecular complexity index is 1180. The molecular formula is C25H24Cl2N2O4. The van der Waals surface area contributed by atoms with Crippen LogP contribution < -0.4 is 0 Å². The van der Waals surface area contributed by atoms with Gasteiger partial charge < -0.3 is 14.5 Å². The standard InChI is InChI=1S/C25H24Cl2N2O4/c1-4-28-19(30)14-25(22(28)16-11-7-9-13-18(16)27)20(23(31)33-3)21(29(5-2)24(25)32)15-10-6-8-12-17(15)26/h6-13,22H,4-5,14H2,1-3H3. The highest BCUT2D eigenvalue weighted by Crippen LogP contribution is 2.60. The summed E-state index contributed by atoms with van der Waals surface area (Å²) in [6.45, 7) is 4.30. The van der Waals surface area contributed by atoms with E-state index in [1.54, 1.807) is 53.4 Å². The zero-order valence-electron chi connectivity index (χ0n) is 18.6. The average molecular weight is 487 g/mol. The van der Waals surface area contributed by atoms with Gasteiger partial charge in [0.05, 0.1) is 24.4 Å². The van der Waals surface area contributed by atoms with Gasteiger partial charge in [0.15, 0.2) is 0 Å². The molecule has 1 fully saturated rings. The van der Waals surface area contributed by atoms with Crippen LogP contribution in [0.15, 0.2) is 54.1 Å². The zero-order valence-corrected chi connectivity index (χ0v) is 20.1. The summed E-state index contributed by atoms with van der Waals surface area (Å²) in [4.78, 5) is 44.0. The van der Waals surface area contributed by atoms with Gasteiger partial charge in [-0.25, -0.2) is 4.79 Å². The number of methoxy groups -OCH3 is 1. The maximum absolute atomic E-state index is 14.2. The average Bonchev–Trinajstić information content (AvgIpc) is 3.24. The molecule has 33 heavy (non-hydrogen) atoms. The Morgan fingerprint density at radius 3 is 2.24 bits per heavy atom. The molecular weight excluding hydrogens is 463 g/mol. The van der Waals surface area contributed by atoms with Crippen LogP contribution in [0.25, 0.3) is 5.70 Å². The van der Waals surface area contributed by atoms with Crippen LogP contribution in [0.4, 0.5) is 0 Å². The van der Waals surface area contributed by atoms with E-state index in [4.69, 9.17) is 27.9 Å². The third kappa shape index (κ3) is 3.35. The van der Waals surface area contributed by atoms with Crippen molar-refractivity contribution < 1.29 is 19.1 Å². The van der Waals surface area contributed by atoms with Crippen LogP contribution in [0.5, 0.6) is 0 Å². The van der Waals surface area contributed by atoms with Crippen molar-refractivity contribution in [3.63, 3.8) is 0 Å². The van der Waals surface area contributed by atoms with Crippen molar-refractivity contribution in [1.82, 2.24) is 9.80 Å². The van der Waals surface area contributed by atoms with Gasteiger partial charge in [0.25, 0.3) is 0 Å². The van der Waals surface area contributed by atoms with E-state index in [9.17, 15) is 14.4 Å². The fraction of sp³-hybridized carbons (Fsp3) is 0.320. The lowest BCUT2D eigenvalue weighted by atomic mass is 9.71. The van der Waals surface area contributed by atoms with Crippen LogP contribution in [0, 0.1) is 5.41 Å². The molecule has 0 N–H and O–H groups in total. The van der Waals surface area contributed by atoms with Crippen molar-refractivity contribution >= 4 is 46.7 Å². The van der Waals surface area contributed by atoms with Gasteiger partial charge in [0.1, 0.15) is 5.41 Å². The smallest absolute Gasteiger partial charge is 0.337 e. The molecule has 2 aromatic rings. The molecule has 1 saturated heterocycles. The predicted molar refractivity (Wildman–Crippen MR) is 126 cm³/mol. The van der Waals surface area contributed by atoms with E-state index in [0.29, 0.717) is 33.4 Å². The Labute approximate surface area is 202 Å². The number of ether oxygens (including phenoxy) is 1. The van der Waals surface area contributed by atoms with E-state index < -0.39 is 17.4 Å². The van der Waals surface area contributed by atoms with E-state index in [0.717, 1.165) is 0 Å². The number of esters is 1. The first kappa shape index (κ1) is 23.3. The van der Waals surface area contributed by atoms with Gasteiger partial charge in [-0.2, -0.15) is 0 Å². The topological polar surface area (TPSA) is 66.9 Å². The minimum absolute atomic E-state index is 0.138. The minimum atomic E-state index is -1.49. The number of benzene rings is 2. The number of carbonyl (C=O) groups excluding carboxylic acids is 3. The Morgan fingerprint density at radius 2 is 1.67 bits per heavy atom. The Kier molecular flexibility index (Phi) is 6.25. The van der Waals surface area contributed by atoms with E-state index in [2.05, 4.69) is 0 Å². The fourth-order valence-electron chi connectivity index (χ4n) is 5.17. The highest BCUT2D eigenvalue weighted by Gasteiger charge is 2.66. The molecule has 4 rings (SSSR count). The lowest BCUT2D eigenvalue weighted by Crippen LogP contribution is -2.43. The van der Waals surface area contributed by atoms with Crippen molar-refractivity contribution in [3.8, 4) is 0 Å². The van der Waals surface area contributed by atoms with E-state index >= 15 is 0 Å². The van der Waals surface area contributed by atoms with E-state index in [-0.39, 0.29) is 30.4 Å². The summed E-state index contributed by atoms with van der Waals surface area (Å²) in [7, 11) is 1.27. The van der Waals surface area contributed by atoms with Crippen LogP contribution in [0.3, 0.4) is 0 Å². The van der Waals surface area contributed by atoms with Crippen molar-refractivity contribution in [3.05, 3.63) is 75.3 Å². The molecule has 2 aliphatic rings. The summed E-state index contributed by atoms with van der Waals surface area (Å²) in [5.41, 5.74) is 0.169. The third-order valence-electron chi connectivity index (χ3n) is 6.48. The van der Waals surface area contributed by atoms with Crippen LogP contribution in [0.2, 0.25) is 10.0 Å². The van der Waals surface area contributed by atoms with Crippen molar-refractivity contribution in [1.29, 1.82) is 0 Å². The van der Waals surface area contributed by atoms with Gasteiger partial charge in [-0.1, -0.05) is 59.6 Å². The van der Waals surface area contributed by atoms with Crippen molar-refractivity contribution in [2.45, 2.75) is 26.3 Å². The Balaban J connectivity index is 2.11. The van der Waals surface area contributed by atoms with Gasteiger partial charge in [-0.05, 0) is 31.5 Å². The Hall–Kier alpha value is -2.83. The highest BCUT2D eigenvalue weighted by molar-refractivity contribution is 6.33. The summed E-state index contributed by atoms with van der Waals surface area (Å²) in [6.07, 6.45) is -0.162. The third-order valence-corrected chi connectivity index (χ3v) is 7.16. The molecule has 0 aliphatic carbocycles. The number of hydrogen-bond acceptors (Lipinski definition) is 4. The minimum Gasteiger partial charge on any atom is -0.466 e. The normalized spacial score (nSPS) is 22.6. The number of amides is 2. The van der Waals surface area contributed by atoms with Crippen LogP contribution in [0.1, 0.15) is 37.4 Å². The number of carbonyl (C=O) groups is 3. The number of likely N-dealkylation sites (tertiary alicyclic amines) is 1. The molecule has 8 heteroatoms. The van der Waals surface area contributed by atoms with Crippen LogP contribution in [-0.4, -0.2) is 47.8 Å². The number of nitrogens with zero attached hydrogens (tertiary/aromatic N) is 2. The van der Waals surface area contributed by atoms with Crippen molar-refractivity contribution in [2.75, 3.05) is 20.2 Å². The monoisotopic (exact) mass is 486 g/mol. The molecule has 2 aromatic carbocycles. The molecule has 172 valence electrons. The molecule has 2 aliphatic heterocycles. The lowest BCUT2D eigenvalue weighted by Gasteiger charge is -2.35. The summed E-state index contributed by atoms with van der Waals surface area (Å²) in [5, 5.41) is 0.810. The maximum Gasteiger partial charge on any atom is 0.337 e. The molecule has 0 radical (unpaired) electrons. The molecule has 2 heterocycles. The SMILES string of the molecule is CCN1C(=O)C2(CC(=O)N(CC)C2c2ccccc2Cl)C(C(=O)OC)=C1c1ccccc1Cl. The molecule has 2 amide bonds. The van der Waals surface area contributed by atoms with Gasteiger partial charge in [0, 0.05) is 35.1 Å². The highest BCUT2D eigenvalue weighted by atomic mass is 35.5. The molecule has 0 aromatic heterocycles. The maximum atomic E-state index is 14.2. The molecule has 6 nitrogen and oxygen atoms in total. The van der Waals surface area contributed by atoms with Gasteiger partial charge in [-0.3, -0.25) is 9.59 Å². The Morgan fingerprint density at radius 1 is 1.03 bits per heavy atom. The van der Waals surface area contributed by atoms with Crippen LogP contribution >= 0.6 is 23.2 Å². The summed E-state index contributed by atoms with van der Waals surface area (Å²) in [5.74, 6) is -1.24. The van der Waals surface area contributed by atoms with E-state index in [1.807, 2.05) is 13.8 Å². The van der Waals surface area contributed by atoms with Crippen molar-refractivity contribution in [2.24, 2.45) is 5.41 Å². The molecule has 2 unspecified atom stereocenters. The molecule has 1 spiro atoms. The van der Waals surface area contributed by atoms with Gasteiger partial charge in [-0.15, -0.1) is 0 Å². The first-order valence-electron chi connectivity index (χ1n) is 10.8. The van der Waals surface area contributed by atoms with E-state index in [1.165, 1.54) is 12.0 Å². The predicted octanol–water partition coefficient (Wildman–Crippen LogP) is 4.72. The fourth-order valence-corrected chi connectivity index (χ4v) is 5.63. The molecule has 0 bridgehead atoms.